The third-order valence-corrected chi connectivity index (χ3v) is 6.06. The number of nitrogens with one attached hydrogen (secondary N) is 1. The zero-order chi connectivity index (χ0) is 16.5. The number of nitrogens with zero attached hydrogens (tertiary/aromatic N) is 1. The fourth-order valence-corrected chi connectivity index (χ4v) is 4.65. The molecule has 1 heterocycles. The van der Waals surface area contributed by atoms with Gasteiger partial charge in [-0.1, -0.05) is 12.2 Å². The van der Waals surface area contributed by atoms with Crippen molar-refractivity contribution in [3.8, 4) is 5.75 Å². The number of piperazine rings is 1. The van der Waals surface area contributed by atoms with Crippen LogP contribution in [0.5, 0.6) is 5.75 Å². The molecule has 2 aliphatic carbocycles. The van der Waals surface area contributed by atoms with Gasteiger partial charge in [-0.3, -0.25) is 4.79 Å². The Bertz CT molecular complexity index is 617. The second-order valence-corrected chi connectivity index (χ2v) is 7.52. The second-order valence-electron chi connectivity index (χ2n) is 7.52. The van der Waals surface area contributed by atoms with Crippen LogP contribution in [0.3, 0.4) is 0 Å². The van der Waals surface area contributed by atoms with E-state index in [-0.39, 0.29) is 5.91 Å². The molecule has 2 bridgehead atoms. The summed E-state index contributed by atoms with van der Waals surface area (Å²) in [5.74, 6) is 3.51. The van der Waals surface area contributed by atoms with Crippen LogP contribution in [0.4, 0.5) is 0 Å². The van der Waals surface area contributed by atoms with Crippen LogP contribution >= 0.6 is 0 Å². The highest BCUT2D eigenvalue weighted by atomic mass is 16.5. The number of amides is 1. The van der Waals surface area contributed by atoms with Gasteiger partial charge in [0.2, 0.25) is 0 Å². The average molecular weight is 327 g/mol. The summed E-state index contributed by atoms with van der Waals surface area (Å²) in [6.45, 7) is 5.20. The van der Waals surface area contributed by atoms with E-state index in [0.717, 1.165) is 55.2 Å². The normalized spacial score (nSPS) is 29.2. The number of rotatable bonds is 4. The fourth-order valence-electron chi connectivity index (χ4n) is 4.65. The molecule has 1 saturated carbocycles. The van der Waals surface area contributed by atoms with Gasteiger partial charge in [0.15, 0.2) is 0 Å². The smallest absolute Gasteiger partial charge is 0.254 e. The molecule has 1 aromatic rings. The predicted octanol–water partition coefficient (Wildman–Crippen LogP) is 1.25. The van der Waals surface area contributed by atoms with Crippen LogP contribution in [0.2, 0.25) is 0 Å². The topological polar surface area (TPSA) is 34.0 Å². The lowest BCUT2D eigenvalue weighted by Crippen LogP contribution is -3.15. The molecule has 3 atom stereocenters. The van der Waals surface area contributed by atoms with Crippen molar-refractivity contribution < 1.29 is 14.4 Å². The Balaban J connectivity index is 1.29. The van der Waals surface area contributed by atoms with Gasteiger partial charge in [0, 0.05) is 11.5 Å². The zero-order valence-electron chi connectivity index (χ0n) is 14.4. The first-order valence-corrected chi connectivity index (χ1v) is 9.18. The van der Waals surface area contributed by atoms with Crippen LogP contribution in [0.1, 0.15) is 23.2 Å². The van der Waals surface area contributed by atoms with Crippen molar-refractivity contribution in [3.63, 3.8) is 0 Å². The molecule has 1 amide bonds. The highest BCUT2D eigenvalue weighted by Gasteiger charge is 2.38. The van der Waals surface area contributed by atoms with E-state index in [1.54, 1.807) is 12.0 Å². The van der Waals surface area contributed by atoms with E-state index in [2.05, 4.69) is 12.2 Å². The third-order valence-electron chi connectivity index (χ3n) is 6.06. The Labute approximate surface area is 144 Å². The minimum Gasteiger partial charge on any atom is -0.497 e. The molecule has 1 aromatic carbocycles. The first-order valence-electron chi connectivity index (χ1n) is 9.18. The molecule has 128 valence electrons. The highest BCUT2D eigenvalue weighted by Crippen LogP contribution is 2.42. The predicted molar refractivity (Wildman–Crippen MR) is 93.3 cm³/mol. The Morgan fingerprint density at radius 2 is 1.92 bits per heavy atom. The summed E-state index contributed by atoms with van der Waals surface area (Å²) in [6, 6.07) is 7.44. The van der Waals surface area contributed by atoms with Gasteiger partial charge in [-0.15, -0.1) is 0 Å². The summed E-state index contributed by atoms with van der Waals surface area (Å²) in [6.07, 6.45) is 7.64. The molecule has 2 fully saturated rings. The number of carbonyl (C=O) groups is 1. The van der Waals surface area contributed by atoms with E-state index >= 15 is 0 Å². The molecule has 3 aliphatic rings. The molecule has 4 nitrogen and oxygen atoms in total. The Morgan fingerprint density at radius 1 is 1.17 bits per heavy atom. The maximum atomic E-state index is 12.6. The largest absolute Gasteiger partial charge is 0.497 e. The standard InChI is InChI=1S/C20H26N2O2/c1-24-19-6-4-16(5-7-19)20(23)22-10-8-21(9-11-22)14-18-13-15-2-3-17(18)12-15/h2-7,15,17-18H,8-14H2,1H3/p+1/t15-,17-,18-/m0/s1. The van der Waals surface area contributed by atoms with Crippen LogP contribution in [0.25, 0.3) is 0 Å². The lowest BCUT2D eigenvalue weighted by molar-refractivity contribution is -0.907. The summed E-state index contributed by atoms with van der Waals surface area (Å²) in [4.78, 5) is 16.3. The minimum atomic E-state index is 0.152. The van der Waals surface area contributed by atoms with Gasteiger partial charge in [-0.05, 0) is 48.9 Å². The molecule has 24 heavy (non-hydrogen) atoms. The van der Waals surface area contributed by atoms with E-state index in [9.17, 15) is 4.79 Å². The van der Waals surface area contributed by atoms with Crippen LogP contribution in [0.15, 0.2) is 36.4 Å². The number of hydrogen-bond acceptors (Lipinski definition) is 2. The molecular weight excluding hydrogens is 300 g/mol. The van der Waals surface area contributed by atoms with E-state index in [4.69, 9.17) is 4.74 Å². The van der Waals surface area contributed by atoms with Crippen molar-refractivity contribution in [1.29, 1.82) is 0 Å². The summed E-state index contributed by atoms with van der Waals surface area (Å²) in [7, 11) is 1.64. The number of methoxy groups -OCH3 is 1. The highest BCUT2D eigenvalue weighted by molar-refractivity contribution is 5.94. The monoisotopic (exact) mass is 327 g/mol. The zero-order valence-corrected chi connectivity index (χ0v) is 14.4. The van der Waals surface area contributed by atoms with Gasteiger partial charge in [0.25, 0.3) is 5.91 Å². The van der Waals surface area contributed by atoms with Crippen molar-refractivity contribution in [2.45, 2.75) is 12.8 Å². The number of fused-ring (bicyclic) bond motifs is 2. The lowest BCUT2D eigenvalue weighted by atomic mass is 9.93. The molecule has 4 heteroatoms. The van der Waals surface area contributed by atoms with Crippen molar-refractivity contribution >= 4 is 5.91 Å². The Hall–Kier alpha value is -1.81. The van der Waals surface area contributed by atoms with Gasteiger partial charge in [-0.25, -0.2) is 0 Å². The maximum Gasteiger partial charge on any atom is 0.254 e. The minimum absolute atomic E-state index is 0.152. The Kier molecular flexibility index (Phi) is 4.31. The fraction of sp³-hybridized carbons (Fsp3) is 0.550. The number of ether oxygens (including phenoxy) is 1. The molecule has 0 aromatic heterocycles. The maximum absolute atomic E-state index is 12.6. The van der Waals surface area contributed by atoms with Crippen molar-refractivity contribution in [2.75, 3.05) is 39.8 Å². The van der Waals surface area contributed by atoms with Gasteiger partial charge < -0.3 is 14.5 Å². The van der Waals surface area contributed by atoms with Gasteiger partial charge in [-0.2, -0.15) is 0 Å². The number of carbonyl (C=O) groups excluding carboxylic acids is 1. The summed E-state index contributed by atoms with van der Waals surface area (Å²) >= 11 is 0. The SMILES string of the molecule is COc1ccc(C(=O)N2CC[NH+](C[C@@H]3C[C@H]4C=C[C@H]3C4)CC2)cc1. The quantitative estimate of drug-likeness (QED) is 0.845. The van der Waals surface area contributed by atoms with E-state index in [0.29, 0.717) is 0 Å². The van der Waals surface area contributed by atoms with Crippen molar-refractivity contribution in [1.82, 2.24) is 4.90 Å². The van der Waals surface area contributed by atoms with Gasteiger partial charge in [0.1, 0.15) is 5.75 Å². The van der Waals surface area contributed by atoms with E-state index in [1.165, 1.54) is 19.4 Å². The molecule has 1 aliphatic heterocycles. The number of quaternary nitrogens is 1. The third kappa shape index (κ3) is 3.07. The number of hydrogen-bond donors (Lipinski definition) is 1. The van der Waals surface area contributed by atoms with Gasteiger partial charge >= 0.3 is 0 Å². The van der Waals surface area contributed by atoms with Crippen LogP contribution in [-0.2, 0) is 0 Å². The van der Waals surface area contributed by atoms with Gasteiger partial charge in [0.05, 0.1) is 39.8 Å². The lowest BCUT2D eigenvalue weighted by Gasteiger charge is -2.34. The molecule has 1 N–H and O–H groups in total. The average Bonchev–Trinajstić information content (AvgIpc) is 3.25. The van der Waals surface area contributed by atoms with Crippen LogP contribution < -0.4 is 9.64 Å². The molecule has 1 saturated heterocycles. The molecule has 4 rings (SSSR count). The van der Waals surface area contributed by atoms with E-state index < -0.39 is 0 Å². The van der Waals surface area contributed by atoms with Crippen LogP contribution in [-0.4, -0.2) is 50.6 Å². The summed E-state index contributed by atoms with van der Waals surface area (Å²) < 4.78 is 5.16. The summed E-state index contributed by atoms with van der Waals surface area (Å²) in [5, 5.41) is 0. The molecule has 0 radical (unpaired) electrons. The van der Waals surface area contributed by atoms with Crippen LogP contribution in [0, 0.1) is 17.8 Å². The van der Waals surface area contributed by atoms with Crippen molar-refractivity contribution in [2.24, 2.45) is 17.8 Å². The number of benzene rings is 1. The molecule has 0 spiro atoms. The molecule has 0 unspecified atom stereocenters. The second kappa shape index (κ2) is 6.60. The first kappa shape index (κ1) is 15.7. The Morgan fingerprint density at radius 3 is 2.50 bits per heavy atom. The van der Waals surface area contributed by atoms with Crippen molar-refractivity contribution in [3.05, 3.63) is 42.0 Å². The number of allylic oxidation sites excluding steroid dienone is 2. The van der Waals surface area contributed by atoms with E-state index in [1.807, 2.05) is 29.2 Å². The first-order chi connectivity index (χ1) is 11.7. The summed E-state index contributed by atoms with van der Waals surface area (Å²) in [5.41, 5.74) is 0.762. The molecular formula is C20H27N2O2+.